The number of anilines is 1. The Kier molecular flexibility index (Phi) is 4.89. The third kappa shape index (κ3) is 3.82. The summed E-state index contributed by atoms with van der Waals surface area (Å²) in [5, 5.41) is 15.4. The predicted octanol–water partition coefficient (Wildman–Crippen LogP) is 3.68. The molecule has 3 heterocycles. The first kappa shape index (κ1) is 19.2. The van der Waals surface area contributed by atoms with Crippen LogP contribution in [0, 0.1) is 0 Å². The van der Waals surface area contributed by atoms with Gasteiger partial charge in [0.1, 0.15) is 17.0 Å². The number of fused-ring (bicyclic) bond motifs is 1. The molecule has 0 fully saturated rings. The molecule has 32 heavy (non-hydrogen) atoms. The van der Waals surface area contributed by atoms with Crippen molar-refractivity contribution in [1.82, 2.24) is 20.2 Å². The summed E-state index contributed by atoms with van der Waals surface area (Å²) in [6.45, 7) is 0. The number of hydrogen-bond donors (Lipinski definition) is 1. The van der Waals surface area contributed by atoms with Crippen LogP contribution in [0.25, 0.3) is 34.1 Å². The van der Waals surface area contributed by atoms with Gasteiger partial charge < -0.3 is 14.2 Å². The number of furan rings is 1. The van der Waals surface area contributed by atoms with E-state index >= 15 is 0 Å². The SMILES string of the molecule is O=C(Nc1ccc2oc(=O)ccc2c1)/C(=C/c1ccco1)n1nnnc1-c1ccccc1. The van der Waals surface area contributed by atoms with Crippen molar-refractivity contribution >= 4 is 34.3 Å². The van der Waals surface area contributed by atoms with Crippen molar-refractivity contribution in [2.75, 3.05) is 5.32 Å². The number of amides is 1. The lowest BCUT2D eigenvalue weighted by molar-refractivity contribution is -0.111. The van der Waals surface area contributed by atoms with Crippen LogP contribution in [0.2, 0.25) is 0 Å². The van der Waals surface area contributed by atoms with E-state index < -0.39 is 11.5 Å². The van der Waals surface area contributed by atoms with E-state index in [1.54, 1.807) is 42.5 Å². The molecule has 0 atom stereocenters. The van der Waals surface area contributed by atoms with E-state index in [9.17, 15) is 9.59 Å². The van der Waals surface area contributed by atoms with E-state index in [4.69, 9.17) is 8.83 Å². The quantitative estimate of drug-likeness (QED) is 0.337. The summed E-state index contributed by atoms with van der Waals surface area (Å²) in [6.07, 6.45) is 3.06. The zero-order chi connectivity index (χ0) is 21.9. The van der Waals surface area contributed by atoms with Crippen molar-refractivity contribution in [3.05, 3.63) is 95.2 Å². The minimum atomic E-state index is -0.456. The van der Waals surface area contributed by atoms with Crippen LogP contribution < -0.4 is 10.9 Å². The Morgan fingerprint density at radius 2 is 1.88 bits per heavy atom. The first-order chi connectivity index (χ1) is 15.7. The summed E-state index contributed by atoms with van der Waals surface area (Å²) in [6, 6.07) is 20.7. The third-order valence-electron chi connectivity index (χ3n) is 4.66. The maximum absolute atomic E-state index is 13.3. The second-order valence-electron chi connectivity index (χ2n) is 6.79. The molecule has 3 aromatic heterocycles. The number of benzene rings is 2. The molecule has 5 aromatic rings. The highest BCUT2D eigenvalue weighted by Gasteiger charge is 2.20. The molecule has 0 spiro atoms. The van der Waals surface area contributed by atoms with E-state index in [0.29, 0.717) is 28.2 Å². The van der Waals surface area contributed by atoms with Crippen molar-refractivity contribution in [2.24, 2.45) is 0 Å². The smallest absolute Gasteiger partial charge is 0.336 e. The van der Waals surface area contributed by atoms with Gasteiger partial charge in [0, 0.05) is 28.8 Å². The Morgan fingerprint density at radius 3 is 2.69 bits per heavy atom. The number of carbonyl (C=O) groups is 1. The second kappa shape index (κ2) is 8.15. The molecule has 0 saturated carbocycles. The Hall–Kier alpha value is -4.79. The van der Waals surface area contributed by atoms with Gasteiger partial charge in [0.15, 0.2) is 5.82 Å². The Balaban J connectivity index is 1.54. The van der Waals surface area contributed by atoms with Crippen molar-refractivity contribution < 1.29 is 13.6 Å². The Labute approximate surface area is 180 Å². The summed E-state index contributed by atoms with van der Waals surface area (Å²) in [5.41, 5.74) is 1.40. The van der Waals surface area contributed by atoms with E-state index in [0.717, 1.165) is 5.56 Å². The lowest BCUT2D eigenvalue weighted by Crippen LogP contribution is -2.19. The molecule has 0 aliphatic carbocycles. The fourth-order valence-corrected chi connectivity index (χ4v) is 3.19. The number of carbonyl (C=O) groups excluding carboxylic acids is 1. The number of nitrogens with zero attached hydrogens (tertiary/aromatic N) is 4. The minimum Gasteiger partial charge on any atom is -0.465 e. The summed E-state index contributed by atoms with van der Waals surface area (Å²) in [4.78, 5) is 24.7. The number of aromatic nitrogens is 4. The molecule has 0 unspecified atom stereocenters. The average molecular weight is 425 g/mol. The molecular formula is C23H15N5O4. The lowest BCUT2D eigenvalue weighted by Gasteiger charge is -2.11. The van der Waals surface area contributed by atoms with Crippen LogP contribution in [-0.4, -0.2) is 26.1 Å². The molecule has 1 N–H and O–H groups in total. The number of nitrogens with one attached hydrogen (secondary N) is 1. The zero-order valence-corrected chi connectivity index (χ0v) is 16.5. The molecule has 0 saturated heterocycles. The first-order valence-corrected chi connectivity index (χ1v) is 9.62. The Bertz CT molecular complexity index is 1480. The summed E-state index contributed by atoms with van der Waals surface area (Å²) in [5.74, 6) is 0.409. The van der Waals surface area contributed by atoms with Crippen LogP contribution in [0.5, 0.6) is 0 Å². The molecule has 9 nitrogen and oxygen atoms in total. The van der Waals surface area contributed by atoms with Crippen molar-refractivity contribution in [2.45, 2.75) is 0 Å². The van der Waals surface area contributed by atoms with Gasteiger partial charge in [-0.25, -0.2) is 4.79 Å². The van der Waals surface area contributed by atoms with Crippen LogP contribution in [0.1, 0.15) is 5.76 Å². The van der Waals surface area contributed by atoms with Gasteiger partial charge in [-0.05, 0) is 46.8 Å². The van der Waals surface area contributed by atoms with Crippen molar-refractivity contribution in [3.63, 3.8) is 0 Å². The highest BCUT2D eigenvalue weighted by Crippen LogP contribution is 2.23. The molecule has 1 amide bonds. The molecular weight excluding hydrogens is 410 g/mol. The van der Waals surface area contributed by atoms with Gasteiger partial charge in [0.25, 0.3) is 5.91 Å². The van der Waals surface area contributed by atoms with Gasteiger partial charge in [-0.1, -0.05) is 30.3 Å². The van der Waals surface area contributed by atoms with Gasteiger partial charge in [0.2, 0.25) is 0 Å². The molecule has 0 aliphatic rings. The van der Waals surface area contributed by atoms with Gasteiger partial charge in [-0.2, -0.15) is 4.68 Å². The summed E-state index contributed by atoms with van der Waals surface area (Å²) < 4.78 is 11.9. The number of tetrazole rings is 1. The van der Waals surface area contributed by atoms with Crippen LogP contribution >= 0.6 is 0 Å². The van der Waals surface area contributed by atoms with Crippen LogP contribution in [0.3, 0.4) is 0 Å². The van der Waals surface area contributed by atoms with Gasteiger partial charge in [-0.15, -0.1) is 5.10 Å². The van der Waals surface area contributed by atoms with E-state index in [2.05, 4.69) is 20.8 Å². The fraction of sp³-hybridized carbons (Fsp3) is 0. The van der Waals surface area contributed by atoms with Crippen LogP contribution in [0.4, 0.5) is 5.69 Å². The first-order valence-electron chi connectivity index (χ1n) is 9.62. The highest BCUT2D eigenvalue weighted by molar-refractivity contribution is 6.24. The zero-order valence-electron chi connectivity index (χ0n) is 16.5. The number of rotatable bonds is 5. The molecule has 2 aromatic carbocycles. The second-order valence-corrected chi connectivity index (χ2v) is 6.79. The number of hydrogen-bond acceptors (Lipinski definition) is 7. The maximum atomic E-state index is 13.3. The fourth-order valence-electron chi connectivity index (χ4n) is 3.19. The van der Waals surface area contributed by atoms with E-state index in [1.807, 2.05) is 30.3 Å². The molecule has 0 aliphatic heterocycles. The molecule has 156 valence electrons. The minimum absolute atomic E-state index is 0.156. The highest BCUT2D eigenvalue weighted by atomic mass is 16.4. The monoisotopic (exact) mass is 425 g/mol. The van der Waals surface area contributed by atoms with Gasteiger partial charge in [0.05, 0.1) is 6.26 Å². The standard InChI is InChI=1S/C23H15N5O4/c29-21-11-8-16-13-17(9-10-20(16)32-21)24-23(30)19(14-18-7-4-12-31-18)28-22(25-26-27-28)15-5-2-1-3-6-15/h1-14H,(H,24,30)/b19-14-. The van der Waals surface area contributed by atoms with Gasteiger partial charge >= 0.3 is 5.63 Å². The largest absolute Gasteiger partial charge is 0.465 e. The lowest BCUT2D eigenvalue weighted by atomic mass is 10.2. The summed E-state index contributed by atoms with van der Waals surface area (Å²) >= 11 is 0. The summed E-state index contributed by atoms with van der Waals surface area (Å²) in [7, 11) is 0. The molecule has 0 bridgehead atoms. The Morgan fingerprint density at radius 1 is 1.00 bits per heavy atom. The van der Waals surface area contributed by atoms with Crippen LogP contribution in [-0.2, 0) is 4.79 Å². The average Bonchev–Trinajstić information content (AvgIpc) is 3.50. The van der Waals surface area contributed by atoms with Crippen molar-refractivity contribution in [3.8, 4) is 11.4 Å². The van der Waals surface area contributed by atoms with E-state index in [1.165, 1.54) is 17.0 Å². The predicted molar refractivity (Wildman–Crippen MR) is 117 cm³/mol. The topological polar surface area (TPSA) is 116 Å². The third-order valence-corrected chi connectivity index (χ3v) is 4.66. The van der Waals surface area contributed by atoms with Gasteiger partial charge in [-0.3, -0.25) is 4.79 Å². The molecule has 5 rings (SSSR count). The van der Waals surface area contributed by atoms with Crippen LogP contribution in [0.15, 0.2) is 92.7 Å². The normalized spacial score (nSPS) is 11.6. The molecule has 9 heteroatoms. The maximum Gasteiger partial charge on any atom is 0.336 e. The molecule has 0 radical (unpaired) electrons. The van der Waals surface area contributed by atoms with Crippen molar-refractivity contribution in [1.29, 1.82) is 0 Å². The van der Waals surface area contributed by atoms with E-state index in [-0.39, 0.29) is 5.70 Å².